The third kappa shape index (κ3) is 3.35. The molecule has 0 bridgehead atoms. The highest BCUT2D eigenvalue weighted by Crippen LogP contribution is 2.51. The lowest BCUT2D eigenvalue weighted by atomic mass is 9.67. The minimum atomic E-state index is -0.177. The zero-order valence-corrected chi connectivity index (χ0v) is 16.2. The largest absolute Gasteiger partial charge is 0.507 e. The van der Waals surface area contributed by atoms with Crippen LogP contribution in [0.1, 0.15) is 49.8 Å². The molecule has 1 aromatic rings. The van der Waals surface area contributed by atoms with Crippen molar-refractivity contribution in [3.63, 3.8) is 0 Å². The Bertz CT molecular complexity index is 652. The van der Waals surface area contributed by atoms with Crippen LogP contribution in [-0.2, 0) is 28.8 Å². The number of esters is 1. The molecule has 1 spiro atoms. The van der Waals surface area contributed by atoms with Crippen molar-refractivity contribution < 1.29 is 19.4 Å². The first-order chi connectivity index (χ1) is 12.0. The molecule has 1 heterocycles. The van der Waals surface area contributed by atoms with Crippen molar-refractivity contribution in [2.45, 2.75) is 58.0 Å². The van der Waals surface area contributed by atoms with E-state index in [2.05, 4.69) is 13.8 Å². The van der Waals surface area contributed by atoms with Crippen LogP contribution in [0.5, 0.6) is 11.5 Å². The average molecular weight is 365 g/mol. The summed E-state index contributed by atoms with van der Waals surface area (Å²) in [5.74, 6) is 2.88. The molecule has 138 valence electrons. The van der Waals surface area contributed by atoms with Crippen LogP contribution in [0.3, 0.4) is 0 Å². The summed E-state index contributed by atoms with van der Waals surface area (Å²) >= 11 is 1.63. The zero-order chi connectivity index (χ0) is 18.0. The van der Waals surface area contributed by atoms with Gasteiger partial charge in [-0.1, -0.05) is 13.8 Å². The number of aromatic hydroxyl groups is 1. The first-order valence-electron chi connectivity index (χ1n) is 9.24. The van der Waals surface area contributed by atoms with Crippen LogP contribution in [0, 0.1) is 5.92 Å². The first-order valence-corrected chi connectivity index (χ1v) is 10.4. The number of phenolic OH excluding ortho intramolecular Hbond substituents is 1. The Morgan fingerprint density at radius 3 is 2.72 bits per heavy atom. The molecule has 1 aromatic carbocycles. The van der Waals surface area contributed by atoms with Crippen LogP contribution in [0.4, 0.5) is 0 Å². The van der Waals surface area contributed by atoms with Gasteiger partial charge in [-0.15, -0.1) is 11.8 Å². The van der Waals surface area contributed by atoms with Crippen molar-refractivity contribution in [2.24, 2.45) is 5.92 Å². The van der Waals surface area contributed by atoms with Crippen LogP contribution in [0.15, 0.2) is 6.07 Å². The highest BCUT2D eigenvalue weighted by atomic mass is 32.2. The maximum Gasteiger partial charge on any atom is 0.315 e. The SMILES string of the molecule is CCc1cc2c(c(CC)c1O)CC(CSCC(=O)OC)C1(CCC1)O2. The van der Waals surface area contributed by atoms with Crippen LogP contribution in [-0.4, -0.2) is 35.3 Å². The van der Waals surface area contributed by atoms with Crippen molar-refractivity contribution in [1.29, 1.82) is 0 Å². The number of rotatable bonds is 6. The number of carbonyl (C=O) groups is 1. The summed E-state index contributed by atoms with van der Waals surface area (Å²) in [6, 6.07) is 2.04. The molecular weight excluding hydrogens is 336 g/mol. The molecule has 1 fully saturated rings. The molecule has 0 amide bonds. The van der Waals surface area contributed by atoms with Crippen molar-refractivity contribution in [1.82, 2.24) is 0 Å². The maximum absolute atomic E-state index is 11.4. The fourth-order valence-corrected chi connectivity index (χ4v) is 5.20. The van der Waals surface area contributed by atoms with Crippen molar-refractivity contribution in [3.05, 3.63) is 22.8 Å². The molecule has 1 atom stereocenters. The van der Waals surface area contributed by atoms with E-state index in [1.165, 1.54) is 19.1 Å². The van der Waals surface area contributed by atoms with Gasteiger partial charge in [0, 0.05) is 22.8 Å². The van der Waals surface area contributed by atoms with Gasteiger partial charge in [-0.25, -0.2) is 0 Å². The lowest BCUT2D eigenvalue weighted by Gasteiger charge is -2.51. The summed E-state index contributed by atoms with van der Waals surface area (Å²) < 4.78 is 11.3. The predicted molar refractivity (Wildman–Crippen MR) is 101 cm³/mol. The molecule has 3 rings (SSSR count). The standard InChI is InChI=1S/C20H28O4S/c1-4-13-9-17-16(15(5-2)19(13)22)10-14(11-25-12-18(21)23-3)20(24-17)7-6-8-20/h9,14,22H,4-8,10-12H2,1-3H3. The molecule has 1 unspecified atom stereocenters. The van der Waals surface area contributed by atoms with Crippen molar-refractivity contribution in [2.75, 3.05) is 18.6 Å². The van der Waals surface area contributed by atoms with Gasteiger partial charge in [-0.3, -0.25) is 4.79 Å². The smallest absolute Gasteiger partial charge is 0.315 e. The Morgan fingerprint density at radius 2 is 2.16 bits per heavy atom. The third-order valence-corrected chi connectivity index (χ3v) is 6.84. The van der Waals surface area contributed by atoms with Gasteiger partial charge in [0.05, 0.1) is 12.9 Å². The summed E-state index contributed by atoms with van der Waals surface area (Å²) in [5, 5.41) is 10.6. The first kappa shape index (κ1) is 18.4. The number of fused-ring (bicyclic) bond motifs is 1. The second kappa shape index (κ2) is 7.48. The van der Waals surface area contributed by atoms with E-state index in [1.54, 1.807) is 11.8 Å². The molecule has 25 heavy (non-hydrogen) atoms. The van der Waals surface area contributed by atoms with Gasteiger partial charge >= 0.3 is 5.97 Å². The summed E-state index contributed by atoms with van der Waals surface area (Å²) in [5.41, 5.74) is 3.09. The molecule has 4 nitrogen and oxygen atoms in total. The van der Waals surface area contributed by atoms with Gasteiger partial charge in [0.1, 0.15) is 17.1 Å². The molecule has 1 aliphatic heterocycles. The van der Waals surface area contributed by atoms with E-state index in [0.29, 0.717) is 17.4 Å². The molecule has 1 saturated carbocycles. The molecule has 0 aromatic heterocycles. The second-order valence-electron chi connectivity index (χ2n) is 7.06. The van der Waals surface area contributed by atoms with E-state index in [-0.39, 0.29) is 11.6 Å². The predicted octanol–water partition coefficient (Wildman–Crippen LogP) is 3.90. The van der Waals surface area contributed by atoms with E-state index >= 15 is 0 Å². The Balaban J connectivity index is 1.86. The van der Waals surface area contributed by atoms with Crippen molar-refractivity contribution >= 4 is 17.7 Å². The second-order valence-corrected chi connectivity index (χ2v) is 8.09. The number of thioether (sulfide) groups is 1. The number of hydrogen-bond donors (Lipinski definition) is 1. The van der Waals surface area contributed by atoms with Crippen LogP contribution in [0.25, 0.3) is 0 Å². The van der Waals surface area contributed by atoms with E-state index in [1.807, 2.05) is 6.07 Å². The number of carbonyl (C=O) groups excluding carboxylic acids is 1. The minimum absolute atomic E-state index is 0.0802. The fourth-order valence-electron chi connectivity index (χ4n) is 4.09. The number of aryl methyl sites for hydroxylation is 1. The number of ether oxygens (including phenoxy) is 2. The monoisotopic (exact) mass is 364 g/mol. The number of methoxy groups -OCH3 is 1. The lowest BCUT2D eigenvalue weighted by molar-refractivity contribution is -0.137. The quantitative estimate of drug-likeness (QED) is 0.776. The van der Waals surface area contributed by atoms with E-state index in [9.17, 15) is 9.90 Å². The van der Waals surface area contributed by atoms with Gasteiger partial charge in [0.25, 0.3) is 0 Å². The van der Waals surface area contributed by atoms with Gasteiger partial charge in [-0.05, 0) is 50.2 Å². The van der Waals surface area contributed by atoms with Crippen molar-refractivity contribution in [3.8, 4) is 11.5 Å². The normalized spacial score (nSPS) is 20.5. The maximum atomic E-state index is 11.4. The Kier molecular flexibility index (Phi) is 5.52. The van der Waals surface area contributed by atoms with E-state index in [0.717, 1.165) is 54.7 Å². The minimum Gasteiger partial charge on any atom is -0.507 e. The van der Waals surface area contributed by atoms with Crippen LogP contribution in [0.2, 0.25) is 0 Å². The number of benzene rings is 1. The number of phenols is 1. The highest BCUT2D eigenvalue weighted by molar-refractivity contribution is 7.99. The topological polar surface area (TPSA) is 55.8 Å². The lowest BCUT2D eigenvalue weighted by Crippen LogP contribution is -2.54. The summed E-state index contributed by atoms with van der Waals surface area (Å²) in [6.45, 7) is 4.15. The molecule has 1 N–H and O–H groups in total. The Labute approximate surface area is 154 Å². The summed E-state index contributed by atoms with van der Waals surface area (Å²) in [4.78, 5) is 11.4. The average Bonchev–Trinajstić information content (AvgIpc) is 2.59. The van der Waals surface area contributed by atoms with E-state index < -0.39 is 0 Å². The molecule has 5 heteroatoms. The van der Waals surface area contributed by atoms with Crippen LogP contribution >= 0.6 is 11.8 Å². The van der Waals surface area contributed by atoms with Gasteiger partial charge in [-0.2, -0.15) is 0 Å². The number of hydrogen-bond acceptors (Lipinski definition) is 5. The molecule has 0 saturated heterocycles. The van der Waals surface area contributed by atoms with Gasteiger partial charge < -0.3 is 14.6 Å². The van der Waals surface area contributed by atoms with Gasteiger partial charge in [0.15, 0.2) is 0 Å². The van der Waals surface area contributed by atoms with Crippen LogP contribution < -0.4 is 4.74 Å². The third-order valence-electron chi connectivity index (χ3n) is 5.77. The molecule has 2 aliphatic rings. The molecule has 1 aliphatic carbocycles. The van der Waals surface area contributed by atoms with E-state index in [4.69, 9.17) is 9.47 Å². The summed E-state index contributed by atoms with van der Waals surface area (Å²) in [7, 11) is 1.43. The fraction of sp³-hybridized carbons (Fsp3) is 0.650. The Morgan fingerprint density at radius 1 is 1.40 bits per heavy atom. The van der Waals surface area contributed by atoms with Gasteiger partial charge in [0.2, 0.25) is 0 Å². The zero-order valence-electron chi connectivity index (χ0n) is 15.4. The highest BCUT2D eigenvalue weighted by Gasteiger charge is 2.49. The molecule has 0 radical (unpaired) electrons. The Hall–Kier alpha value is -1.36. The molecular formula is C20H28O4S. The summed E-state index contributed by atoms with van der Waals surface area (Å²) in [6.07, 6.45) is 5.90.